The molecule has 0 bridgehead atoms. The van der Waals surface area contributed by atoms with Crippen molar-refractivity contribution in [3.05, 3.63) is 15.6 Å². The minimum absolute atomic E-state index is 0.426. The fraction of sp³-hybridized carbons (Fsp3) is 0.714. The molecule has 1 aromatic heterocycles. The van der Waals surface area contributed by atoms with Gasteiger partial charge in [-0.2, -0.15) is 0 Å². The number of hydrogen-bond donors (Lipinski definition) is 1. The maximum absolute atomic E-state index is 11.2. The quantitative estimate of drug-likeness (QED) is 0.835. The molecule has 5 nitrogen and oxygen atoms in total. The van der Waals surface area contributed by atoms with Crippen molar-refractivity contribution in [1.82, 2.24) is 9.88 Å². The Bertz CT molecular complexity index is 442. The molecule has 1 aromatic rings. The van der Waals surface area contributed by atoms with Crippen LogP contribution in [0.2, 0.25) is 0 Å². The van der Waals surface area contributed by atoms with Gasteiger partial charge >= 0.3 is 5.97 Å². The molecule has 0 spiro atoms. The highest BCUT2D eigenvalue weighted by Gasteiger charge is 2.18. The smallest absolute Gasteiger partial charge is 0.347 e. The topological polar surface area (TPSA) is 62.7 Å². The van der Waals surface area contributed by atoms with Crippen LogP contribution in [0, 0.1) is 0 Å². The van der Waals surface area contributed by atoms with Crippen molar-refractivity contribution >= 4 is 17.3 Å². The molecule has 2 heterocycles. The third-order valence-corrected chi connectivity index (χ3v) is 4.59. The van der Waals surface area contributed by atoms with E-state index >= 15 is 0 Å². The van der Waals surface area contributed by atoms with E-state index in [9.17, 15) is 9.90 Å². The highest BCUT2D eigenvalue weighted by atomic mass is 32.1. The van der Waals surface area contributed by atoms with Crippen LogP contribution in [0.25, 0.3) is 0 Å². The van der Waals surface area contributed by atoms with Gasteiger partial charge in [0.2, 0.25) is 0 Å². The molecular formula is C14H22N2O3S. The number of hydrogen-bond acceptors (Lipinski definition) is 5. The number of aromatic nitrogens is 1. The Kier molecular flexibility index (Phi) is 5.94. The first-order valence-electron chi connectivity index (χ1n) is 7.22. The summed E-state index contributed by atoms with van der Waals surface area (Å²) in [6.45, 7) is 6.54. The minimum Gasteiger partial charge on any atom is -0.477 e. The Hall–Kier alpha value is -0.980. The third kappa shape index (κ3) is 4.26. The maximum atomic E-state index is 11.2. The molecule has 1 aliphatic rings. The molecular weight excluding hydrogens is 276 g/mol. The number of ether oxygens (including phenoxy) is 1. The van der Waals surface area contributed by atoms with Gasteiger partial charge in [-0.1, -0.05) is 13.3 Å². The number of unbranched alkanes of at least 4 members (excludes halogenated alkanes) is 1. The number of carboxylic acids is 1. The Balaban J connectivity index is 1.94. The van der Waals surface area contributed by atoms with E-state index in [4.69, 9.17) is 4.74 Å². The van der Waals surface area contributed by atoms with Crippen LogP contribution in [0.4, 0.5) is 0 Å². The van der Waals surface area contributed by atoms with Gasteiger partial charge in [0.05, 0.1) is 23.9 Å². The zero-order valence-electron chi connectivity index (χ0n) is 11.9. The zero-order chi connectivity index (χ0) is 14.4. The van der Waals surface area contributed by atoms with Crippen LogP contribution in [-0.2, 0) is 17.6 Å². The second-order valence-electron chi connectivity index (χ2n) is 5.00. The molecule has 20 heavy (non-hydrogen) atoms. The molecule has 0 atom stereocenters. The predicted octanol–water partition coefficient (Wildman–Crippen LogP) is 2.06. The molecule has 1 saturated heterocycles. The highest BCUT2D eigenvalue weighted by molar-refractivity contribution is 7.13. The minimum atomic E-state index is -0.841. The number of morpholine rings is 1. The van der Waals surface area contributed by atoms with Gasteiger partial charge in [-0.3, -0.25) is 4.90 Å². The molecule has 1 aliphatic heterocycles. The van der Waals surface area contributed by atoms with Gasteiger partial charge in [-0.25, -0.2) is 9.78 Å². The Morgan fingerprint density at radius 2 is 2.15 bits per heavy atom. The molecule has 0 amide bonds. The van der Waals surface area contributed by atoms with Crippen molar-refractivity contribution in [2.75, 3.05) is 32.8 Å². The largest absolute Gasteiger partial charge is 0.477 e. The van der Waals surface area contributed by atoms with Crippen LogP contribution in [0.1, 0.15) is 40.1 Å². The van der Waals surface area contributed by atoms with E-state index in [-0.39, 0.29) is 0 Å². The monoisotopic (exact) mass is 298 g/mol. The van der Waals surface area contributed by atoms with Crippen LogP contribution >= 0.6 is 11.3 Å². The number of aryl methyl sites for hydroxylation is 1. The zero-order valence-corrected chi connectivity index (χ0v) is 12.7. The van der Waals surface area contributed by atoms with Gasteiger partial charge in [0, 0.05) is 26.1 Å². The molecule has 1 fully saturated rings. The summed E-state index contributed by atoms with van der Waals surface area (Å²) in [7, 11) is 0. The molecule has 1 N–H and O–H groups in total. The second kappa shape index (κ2) is 7.71. The normalized spacial score (nSPS) is 16.4. The Labute approximate surface area is 123 Å². The highest BCUT2D eigenvalue weighted by Crippen LogP contribution is 2.21. The first-order valence-corrected chi connectivity index (χ1v) is 8.04. The summed E-state index contributed by atoms with van der Waals surface area (Å²) in [5.74, 6) is -0.841. The standard InChI is InChI=1S/C14H22N2O3S/c1-2-3-4-11-13(14(17)18)20-12(15-11)5-6-16-7-9-19-10-8-16/h2-10H2,1H3,(H,17,18). The SMILES string of the molecule is CCCCc1nc(CCN2CCOCC2)sc1C(=O)O. The Morgan fingerprint density at radius 3 is 2.80 bits per heavy atom. The molecule has 0 saturated carbocycles. The van der Waals surface area contributed by atoms with Crippen LogP contribution in [0.5, 0.6) is 0 Å². The fourth-order valence-electron chi connectivity index (χ4n) is 2.27. The summed E-state index contributed by atoms with van der Waals surface area (Å²) in [5, 5.41) is 10.2. The van der Waals surface area contributed by atoms with Gasteiger partial charge in [0.1, 0.15) is 4.88 Å². The number of carbonyl (C=O) groups is 1. The van der Waals surface area contributed by atoms with E-state index in [2.05, 4.69) is 16.8 Å². The molecule has 2 rings (SSSR count). The fourth-order valence-corrected chi connectivity index (χ4v) is 3.20. The van der Waals surface area contributed by atoms with E-state index in [1.54, 1.807) is 0 Å². The summed E-state index contributed by atoms with van der Waals surface area (Å²) in [6.07, 6.45) is 3.65. The lowest BCUT2D eigenvalue weighted by molar-refractivity contribution is 0.0384. The average molecular weight is 298 g/mol. The lowest BCUT2D eigenvalue weighted by atomic mass is 10.2. The van der Waals surface area contributed by atoms with E-state index in [0.717, 1.165) is 69.2 Å². The summed E-state index contributed by atoms with van der Waals surface area (Å²) in [5.41, 5.74) is 0.765. The first kappa shape index (κ1) is 15.4. The van der Waals surface area contributed by atoms with Crippen molar-refractivity contribution in [2.24, 2.45) is 0 Å². The number of nitrogens with zero attached hydrogens (tertiary/aromatic N) is 2. The number of carboxylic acid groups (broad SMARTS) is 1. The summed E-state index contributed by atoms with van der Waals surface area (Å²) in [6, 6.07) is 0. The molecule has 0 aromatic carbocycles. The number of aromatic carboxylic acids is 1. The van der Waals surface area contributed by atoms with Crippen LogP contribution in [0.15, 0.2) is 0 Å². The van der Waals surface area contributed by atoms with Gasteiger partial charge in [-0.15, -0.1) is 11.3 Å². The molecule has 112 valence electrons. The first-order chi connectivity index (χ1) is 9.70. The van der Waals surface area contributed by atoms with E-state index in [1.165, 1.54) is 11.3 Å². The Morgan fingerprint density at radius 1 is 1.40 bits per heavy atom. The summed E-state index contributed by atoms with van der Waals surface area (Å²) in [4.78, 5) is 18.6. The van der Waals surface area contributed by atoms with Gasteiger partial charge in [0.15, 0.2) is 0 Å². The van der Waals surface area contributed by atoms with E-state index < -0.39 is 5.97 Å². The number of rotatable bonds is 7. The van der Waals surface area contributed by atoms with Crippen LogP contribution < -0.4 is 0 Å². The summed E-state index contributed by atoms with van der Waals surface area (Å²) < 4.78 is 5.32. The van der Waals surface area contributed by atoms with Crippen molar-refractivity contribution < 1.29 is 14.6 Å². The third-order valence-electron chi connectivity index (χ3n) is 3.45. The molecule has 0 radical (unpaired) electrons. The second-order valence-corrected chi connectivity index (χ2v) is 6.08. The molecule has 0 aliphatic carbocycles. The summed E-state index contributed by atoms with van der Waals surface area (Å²) >= 11 is 1.34. The van der Waals surface area contributed by atoms with Crippen LogP contribution in [-0.4, -0.2) is 53.8 Å². The van der Waals surface area contributed by atoms with Gasteiger partial charge in [0.25, 0.3) is 0 Å². The van der Waals surface area contributed by atoms with E-state index in [1.807, 2.05) is 0 Å². The van der Waals surface area contributed by atoms with Crippen molar-refractivity contribution in [2.45, 2.75) is 32.6 Å². The maximum Gasteiger partial charge on any atom is 0.347 e. The van der Waals surface area contributed by atoms with E-state index in [0.29, 0.717) is 4.88 Å². The lowest BCUT2D eigenvalue weighted by Crippen LogP contribution is -2.37. The van der Waals surface area contributed by atoms with Gasteiger partial charge in [-0.05, 0) is 12.8 Å². The molecule has 0 unspecified atom stereocenters. The predicted molar refractivity (Wildman–Crippen MR) is 78.6 cm³/mol. The van der Waals surface area contributed by atoms with Crippen molar-refractivity contribution in [3.63, 3.8) is 0 Å². The van der Waals surface area contributed by atoms with Crippen molar-refractivity contribution in [3.8, 4) is 0 Å². The number of thiazole rings is 1. The van der Waals surface area contributed by atoms with Gasteiger partial charge < -0.3 is 9.84 Å². The average Bonchev–Trinajstić information content (AvgIpc) is 2.87. The lowest BCUT2D eigenvalue weighted by Gasteiger charge is -2.25. The van der Waals surface area contributed by atoms with Crippen LogP contribution in [0.3, 0.4) is 0 Å². The molecule has 6 heteroatoms. The van der Waals surface area contributed by atoms with Crippen molar-refractivity contribution in [1.29, 1.82) is 0 Å².